The molecule has 0 atom stereocenters. The molecule has 0 fully saturated rings. The lowest BCUT2D eigenvalue weighted by atomic mass is 10.3. The molecule has 0 unspecified atom stereocenters. The molecule has 0 aliphatic heterocycles. The molecule has 80 valence electrons. The molecule has 3 N–H and O–H groups in total. The van der Waals surface area contributed by atoms with Gasteiger partial charge in [0.1, 0.15) is 0 Å². The number of nitrogens with zero attached hydrogens (tertiary/aromatic N) is 2. The van der Waals surface area contributed by atoms with Crippen LogP contribution < -0.4 is 11.1 Å². The number of primary amides is 1. The van der Waals surface area contributed by atoms with E-state index in [0.717, 1.165) is 12.8 Å². The fourth-order valence-electron chi connectivity index (χ4n) is 0.913. The Labute approximate surface area is 88.4 Å². The van der Waals surface area contributed by atoms with Crippen molar-refractivity contribution in [3.05, 3.63) is 30.2 Å². The molecular formula is C10H14N4O. The molecule has 1 amide bonds. The number of hydrogen-bond donors (Lipinski definition) is 2. The monoisotopic (exact) mass is 206 g/mol. The van der Waals surface area contributed by atoms with Crippen LogP contribution in [-0.4, -0.2) is 15.9 Å². The zero-order valence-electron chi connectivity index (χ0n) is 8.60. The maximum absolute atomic E-state index is 10.7. The second kappa shape index (κ2) is 5.74. The van der Waals surface area contributed by atoms with Crippen molar-refractivity contribution in [2.75, 3.05) is 5.32 Å². The molecule has 1 aromatic heterocycles. The van der Waals surface area contributed by atoms with Gasteiger partial charge in [-0.1, -0.05) is 19.4 Å². The Bertz CT molecular complexity index is 345. The number of aromatic nitrogens is 2. The average molecular weight is 206 g/mol. The lowest BCUT2D eigenvalue weighted by molar-refractivity contribution is 0.0999. The van der Waals surface area contributed by atoms with Crippen molar-refractivity contribution in [3.8, 4) is 0 Å². The number of rotatable bonds is 5. The fourth-order valence-corrected chi connectivity index (χ4v) is 0.913. The normalized spacial score (nSPS) is 10.5. The van der Waals surface area contributed by atoms with Gasteiger partial charge in [-0.2, -0.15) is 0 Å². The zero-order chi connectivity index (χ0) is 11.1. The van der Waals surface area contributed by atoms with Crippen LogP contribution in [0.1, 0.15) is 30.1 Å². The summed E-state index contributed by atoms with van der Waals surface area (Å²) in [5.74, 6) is -0.0737. The quantitative estimate of drug-likeness (QED) is 0.760. The van der Waals surface area contributed by atoms with E-state index >= 15 is 0 Å². The number of unbranched alkanes of at least 4 members (excludes halogenated alkanes) is 1. The predicted octanol–water partition coefficient (Wildman–Crippen LogP) is 1.30. The van der Waals surface area contributed by atoms with E-state index in [0.29, 0.717) is 11.5 Å². The van der Waals surface area contributed by atoms with E-state index in [9.17, 15) is 4.79 Å². The van der Waals surface area contributed by atoms with E-state index in [1.807, 2.05) is 6.08 Å². The van der Waals surface area contributed by atoms with Gasteiger partial charge in [0.2, 0.25) is 5.95 Å². The van der Waals surface area contributed by atoms with Crippen LogP contribution in [-0.2, 0) is 0 Å². The van der Waals surface area contributed by atoms with Crippen LogP contribution in [0.4, 0.5) is 5.95 Å². The molecule has 1 aromatic rings. The average Bonchev–Trinajstić information content (AvgIpc) is 2.25. The SMILES string of the molecule is CCCC=CNc1ncc(C(N)=O)cn1. The van der Waals surface area contributed by atoms with Crippen LogP contribution in [0.5, 0.6) is 0 Å². The second-order valence-corrected chi connectivity index (χ2v) is 2.99. The van der Waals surface area contributed by atoms with Gasteiger partial charge in [-0.15, -0.1) is 0 Å². The highest BCUT2D eigenvalue weighted by Crippen LogP contribution is 1.99. The maximum Gasteiger partial charge on any atom is 0.251 e. The number of nitrogens with one attached hydrogen (secondary N) is 1. The molecule has 5 heteroatoms. The van der Waals surface area contributed by atoms with Gasteiger partial charge in [-0.3, -0.25) is 4.79 Å². The maximum atomic E-state index is 10.7. The van der Waals surface area contributed by atoms with Crippen molar-refractivity contribution in [1.29, 1.82) is 0 Å². The van der Waals surface area contributed by atoms with E-state index in [1.54, 1.807) is 6.20 Å². The lowest BCUT2D eigenvalue weighted by Gasteiger charge is -1.98. The van der Waals surface area contributed by atoms with E-state index < -0.39 is 5.91 Å². The highest BCUT2D eigenvalue weighted by Gasteiger charge is 2.00. The Morgan fingerprint density at radius 1 is 1.53 bits per heavy atom. The Kier molecular flexibility index (Phi) is 4.28. The van der Waals surface area contributed by atoms with E-state index in [2.05, 4.69) is 22.2 Å². The summed E-state index contributed by atoms with van der Waals surface area (Å²) < 4.78 is 0. The van der Waals surface area contributed by atoms with Gasteiger partial charge in [0.05, 0.1) is 5.56 Å². The summed E-state index contributed by atoms with van der Waals surface area (Å²) in [6.45, 7) is 2.10. The molecule has 5 nitrogen and oxygen atoms in total. The summed E-state index contributed by atoms with van der Waals surface area (Å²) in [7, 11) is 0. The number of carbonyl (C=O) groups is 1. The van der Waals surface area contributed by atoms with Gasteiger partial charge in [0.15, 0.2) is 0 Å². The van der Waals surface area contributed by atoms with Crippen LogP contribution >= 0.6 is 0 Å². The smallest absolute Gasteiger partial charge is 0.251 e. The first-order valence-electron chi connectivity index (χ1n) is 4.77. The minimum absolute atomic E-state index is 0.304. The van der Waals surface area contributed by atoms with Gasteiger partial charge in [0, 0.05) is 12.4 Å². The highest BCUT2D eigenvalue weighted by atomic mass is 16.1. The van der Waals surface area contributed by atoms with Crippen LogP contribution in [0.25, 0.3) is 0 Å². The number of nitrogens with two attached hydrogens (primary N) is 1. The van der Waals surface area contributed by atoms with E-state index in [4.69, 9.17) is 5.73 Å². The van der Waals surface area contributed by atoms with Crippen LogP contribution in [0, 0.1) is 0 Å². The number of hydrogen-bond acceptors (Lipinski definition) is 4. The van der Waals surface area contributed by atoms with Gasteiger partial charge < -0.3 is 11.1 Å². The topological polar surface area (TPSA) is 80.9 Å². The molecule has 0 aromatic carbocycles. The molecule has 0 saturated carbocycles. The Balaban J connectivity index is 2.53. The largest absolute Gasteiger partial charge is 0.366 e. The van der Waals surface area contributed by atoms with Crippen molar-refractivity contribution in [1.82, 2.24) is 9.97 Å². The van der Waals surface area contributed by atoms with Crippen molar-refractivity contribution in [2.24, 2.45) is 5.73 Å². The Hall–Kier alpha value is -1.91. The Morgan fingerprint density at radius 3 is 2.73 bits per heavy atom. The molecule has 0 aliphatic rings. The molecule has 0 saturated heterocycles. The molecule has 0 aliphatic carbocycles. The number of amides is 1. The third-order valence-corrected chi connectivity index (χ3v) is 1.72. The summed E-state index contributed by atoms with van der Waals surface area (Å²) in [5.41, 5.74) is 5.35. The van der Waals surface area contributed by atoms with Crippen molar-refractivity contribution < 1.29 is 4.79 Å². The lowest BCUT2D eigenvalue weighted by Crippen LogP contribution is -2.12. The van der Waals surface area contributed by atoms with Gasteiger partial charge in [0.25, 0.3) is 5.91 Å². The number of anilines is 1. The van der Waals surface area contributed by atoms with E-state index in [-0.39, 0.29) is 0 Å². The number of carbonyl (C=O) groups excluding carboxylic acids is 1. The molecule has 0 spiro atoms. The molecule has 0 bridgehead atoms. The third-order valence-electron chi connectivity index (χ3n) is 1.72. The summed E-state index contributed by atoms with van der Waals surface area (Å²) in [5, 5.41) is 2.89. The summed E-state index contributed by atoms with van der Waals surface area (Å²) in [6.07, 6.45) is 8.66. The van der Waals surface area contributed by atoms with Gasteiger partial charge >= 0.3 is 0 Å². The van der Waals surface area contributed by atoms with Gasteiger partial charge in [-0.05, 0) is 12.6 Å². The summed E-state index contributed by atoms with van der Waals surface area (Å²) in [6, 6.07) is 0. The van der Waals surface area contributed by atoms with Crippen molar-refractivity contribution >= 4 is 11.9 Å². The first kappa shape index (κ1) is 11.2. The van der Waals surface area contributed by atoms with Crippen molar-refractivity contribution in [3.63, 3.8) is 0 Å². The van der Waals surface area contributed by atoms with Crippen LogP contribution in [0.15, 0.2) is 24.7 Å². The standard InChI is InChI=1S/C10H14N4O/c1-2-3-4-5-12-10-13-6-8(7-14-10)9(11)15/h4-7H,2-3H2,1H3,(H2,11,15)(H,12,13,14). The summed E-state index contributed by atoms with van der Waals surface area (Å²) in [4.78, 5) is 18.6. The molecular weight excluding hydrogens is 192 g/mol. The first-order valence-corrected chi connectivity index (χ1v) is 4.77. The molecule has 0 radical (unpaired) electrons. The Morgan fingerprint density at radius 2 is 2.20 bits per heavy atom. The zero-order valence-corrected chi connectivity index (χ0v) is 8.60. The molecule has 15 heavy (non-hydrogen) atoms. The predicted molar refractivity (Wildman–Crippen MR) is 58.2 cm³/mol. The molecule has 1 rings (SSSR count). The van der Waals surface area contributed by atoms with E-state index in [1.165, 1.54) is 12.4 Å². The van der Waals surface area contributed by atoms with Crippen LogP contribution in [0.2, 0.25) is 0 Å². The first-order chi connectivity index (χ1) is 7.24. The highest BCUT2D eigenvalue weighted by molar-refractivity contribution is 5.92. The van der Waals surface area contributed by atoms with Crippen LogP contribution in [0.3, 0.4) is 0 Å². The minimum atomic E-state index is -0.525. The fraction of sp³-hybridized carbons (Fsp3) is 0.300. The summed E-state index contributed by atoms with van der Waals surface area (Å²) >= 11 is 0. The second-order valence-electron chi connectivity index (χ2n) is 2.99. The van der Waals surface area contributed by atoms with Gasteiger partial charge in [-0.25, -0.2) is 9.97 Å². The third kappa shape index (κ3) is 3.76. The minimum Gasteiger partial charge on any atom is -0.366 e. The number of allylic oxidation sites excluding steroid dienone is 1. The van der Waals surface area contributed by atoms with Crippen molar-refractivity contribution in [2.45, 2.75) is 19.8 Å². The molecule has 1 heterocycles.